The van der Waals surface area contributed by atoms with E-state index in [1.807, 2.05) is 18.2 Å². The van der Waals surface area contributed by atoms with Crippen molar-refractivity contribution in [3.8, 4) is 5.75 Å². The number of hydrogen-bond acceptors (Lipinski definition) is 1. The molecule has 0 fully saturated rings. The van der Waals surface area contributed by atoms with Crippen molar-refractivity contribution in [2.45, 2.75) is 25.2 Å². The third-order valence-electron chi connectivity index (χ3n) is 4.30. The Labute approximate surface area is 129 Å². The van der Waals surface area contributed by atoms with Crippen LogP contribution in [0.15, 0.2) is 48.5 Å². The summed E-state index contributed by atoms with van der Waals surface area (Å²) in [6, 6.07) is 12.4. The van der Waals surface area contributed by atoms with Crippen LogP contribution in [-0.2, 0) is 0 Å². The van der Waals surface area contributed by atoms with Crippen molar-refractivity contribution in [1.82, 2.24) is 0 Å². The average Bonchev–Trinajstić information content (AvgIpc) is 2.58. The van der Waals surface area contributed by atoms with Crippen molar-refractivity contribution in [3.05, 3.63) is 71.3 Å². The predicted molar refractivity (Wildman–Crippen MR) is 83.9 cm³/mol. The van der Waals surface area contributed by atoms with Crippen molar-refractivity contribution in [1.29, 1.82) is 0 Å². The van der Waals surface area contributed by atoms with E-state index in [0.29, 0.717) is 11.5 Å². The fourth-order valence-electron chi connectivity index (χ4n) is 3.01. The minimum atomic E-state index is -0.782. The fourth-order valence-corrected chi connectivity index (χ4v) is 3.01. The summed E-state index contributed by atoms with van der Waals surface area (Å²) < 4.78 is 32.4. The Balaban J connectivity index is 1.77. The number of methoxy groups -OCH3 is 1. The second kappa shape index (κ2) is 6.30. The Hall–Kier alpha value is -2.16. The second-order valence-corrected chi connectivity index (χ2v) is 5.58. The van der Waals surface area contributed by atoms with Crippen LogP contribution >= 0.6 is 0 Å². The summed E-state index contributed by atoms with van der Waals surface area (Å²) in [7, 11) is 1.65. The lowest BCUT2D eigenvalue weighted by Gasteiger charge is -2.23. The molecule has 22 heavy (non-hydrogen) atoms. The van der Waals surface area contributed by atoms with Gasteiger partial charge < -0.3 is 4.74 Å². The molecule has 1 aliphatic rings. The first-order chi connectivity index (χ1) is 10.7. The number of hydrogen-bond donors (Lipinski definition) is 0. The summed E-state index contributed by atoms with van der Waals surface area (Å²) in [5.41, 5.74) is 2.56. The zero-order valence-corrected chi connectivity index (χ0v) is 12.5. The molecular weight excluding hydrogens is 282 g/mol. The summed E-state index contributed by atoms with van der Waals surface area (Å²) in [5.74, 6) is -0.253. The van der Waals surface area contributed by atoms with Gasteiger partial charge in [0, 0.05) is 5.56 Å². The standard InChI is InChI=1S/C19H18F2O/c1-22-16-11-9-14(10-12-16)13-5-7-15(8-6-13)17-3-2-4-18(20)19(17)21/h2-4,7,9-13H,5-6,8H2,1H3. The topological polar surface area (TPSA) is 9.23 Å². The van der Waals surface area contributed by atoms with E-state index in [9.17, 15) is 8.78 Å². The van der Waals surface area contributed by atoms with E-state index >= 15 is 0 Å². The van der Waals surface area contributed by atoms with Crippen molar-refractivity contribution in [3.63, 3.8) is 0 Å². The zero-order valence-electron chi connectivity index (χ0n) is 12.5. The van der Waals surface area contributed by atoms with E-state index in [2.05, 4.69) is 12.1 Å². The molecule has 0 aromatic heterocycles. The van der Waals surface area contributed by atoms with Crippen LogP contribution in [0.25, 0.3) is 5.57 Å². The van der Waals surface area contributed by atoms with Crippen LogP contribution in [0.4, 0.5) is 8.78 Å². The van der Waals surface area contributed by atoms with Gasteiger partial charge in [0.1, 0.15) is 5.75 Å². The normalized spacial score (nSPS) is 18.0. The van der Waals surface area contributed by atoms with Crippen LogP contribution in [-0.4, -0.2) is 7.11 Å². The molecule has 0 heterocycles. The highest BCUT2D eigenvalue weighted by molar-refractivity contribution is 5.67. The van der Waals surface area contributed by atoms with Gasteiger partial charge in [-0.2, -0.15) is 0 Å². The fraction of sp³-hybridized carbons (Fsp3) is 0.263. The Morgan fingerprint density at radius 1 is 1.05 bits per heavy atom. The highest BCUT2D eigenvalue weighted by Gasteiger charge is 2.19. The third-order valence-corrected chi connectivity index (χ3v) is 4.30. The quantitative estimate of drug-likeness (QED) is 0.745. The molecule has 0 saturated heterocycles. The highest BCUT2D eigenvalue weighted by atomic mass is 19.2. The van der Waals surface area contributed by atoms with Gasteiger partial charge in [0.05, 0.1) is 7.11 Å². The molecule has 2 aromatic carbocycles. The molecule has 0 saturated carbocycles. The van der Waals surface area contributed by atoms with E-state index in [1.54, 1.807) is 19.2 Å². The molecule has 0 bridgehead atoms. The Kier molecular flexibility index (Phi) is 4.23. The van der Waals surface area contributed by atoms with Gasteiger partial charge in [0.25, 0.3) is 0 Å². The molecule has 0 amide bonds. The van der Waals surface area contributed by atoms with E-state index in [1.165, 1.54) is 5.56 Å². The molecule has 114 valence electrons. The first-order valence-electron chi connectivity index (χ1n) is 7.46. The number of rotatable bonds is 3. The molecule has 1 atom stereocenters. The largest absolute Gasteiger partial charge is 0.497 e. The van der Waals surface area contributed by atoms with Crippen LogP contribution in [0, 0.1) is 11.6 Å². The van der Waals surface area contributed by atoms with Crippen molar-refractivity contribution < 1.29 is 13.5 Å². The molecule has 1 unspecified atom stereocenters. The lowest BCUT2D eigenvalue weighted by Crippen LogP contribution is -2.05. The molecule has 0 radical (unpaired) electrons. The maximum Gasteiger partial charge on any atom is 0.166 e. The SMILES string of the molecule is COc1ccc(C2CC=C(c3cccc(F)c3F)CC2)cc1. The lowest BCUT2D eigenvalue weighted by atomic mass is 9.82. The summed E-state index contributed by atoms with van der Waals surface area (Å²) in [6.45, 7) is 0. The third kappa shape index (κ3) is 2.89. The van der Waals surface area contributed by atoms with Gasteiger partial charge in [0.2, 0.25) is 0 Å². The van der Waals surface area contributed by atoms with E-state index in [-0.39, 0.29) is 0 Å². The molecule has 2 aromatic rings. The summed E-state index contributed by atoms with van der Waals surface area (Å²) in [6.07, 6.45) is 4.58. The van der Waals surface area contributed by atoms with Crippen LogP contribution < -0.4 is 4.74 Å². The van der Waals surface area contributed by atoms with Crippen LogP contribution in [0.5, 0.6) is 5.75 Å². The van der Waals surface area contributed by atoms with E-state index in [4.69, 9.17) is 4.74 Å². The first-order valence-corrected chi connectivity index (χ1v) is 7.46. The Bertz CT molecular complexity index is 689. The molecule has 0 N–H and O–H groups in total. The molecule has 3 rings (SSSR count). The van der Waals surface area contributed by atoms with Crippen LogP contribution in [0.2, 0.25) is 0 Å². The number of ether oxygens (including phenoxy) is 1. The van der Waals surface area contributed by atoms with Gasteiger partial charge in [-0.3, -0.25) is 0 Å². The molecule has 0 aliphatic heterocycles. The van der Waals surface area contributed by atoms with Crippen molar-refractivity contribution in [2.75, 3.05) is 7.11 Å². The lowest BCUT2D eigenvalue weighted by molar-refractivity contribution is 0.414. The summed E-state index contributed by atoms with van der Waals surface area (Å²) in [5, 5.41) is 0. The van der Waals surface area contributed by atoms with Gasteiger partial charge in [-0.1, -0.05) is 30.3 Å². The highest BCUT2D eigenvalue weighted by Crippen LogP contribution is 2.37. The number of allylic oxidation sites excluding steroid dienone is 2. The minimum absolute atomic E-state index is 0.396. The van der Waals surface area contributed by atoms with Crippen LogP contribution in [0.3, 0.4) is 0 Å². The molecular formula is C19H18F2O. The van der Waals surface area contributed by atoms with Gasteiger partial charge in [-0.25, -0.2) is 8.78 Å². The van der Waals surface area contributed by atoms with Crippen LogP contribution in [0.1, 0.15) is 36.3 Å². The maximum atomic E-state index is 13.9. The van der Waals surface area contributed by atoms with E-state index in [0.717, 1.165) is 36.7 Å². The number of benzene rings is 2. The first kappa shape index (κ1) is 14.8. The minimum Gasteiger partial charge on any atom is -0.497 e. The number of halogens is 2. The monoisotopic (exact) mass is 300 g/mol. The van der Waals surface area contributed by atoms with Crippen molar-refractivity contribution in [2.24, 2.45) is 0 Å². The molecule has 1 aliphatic carbocycles. The van der Waals surface area contributed by atoms with E-state index < -0.39 is 11.6 Å². The van der Waals surface area contributed by atoms with Gasteiger partial charge >= 0.3 is 0 Å². The average molecular weight is 300 g/mol. The summed E-state index contributed by atoms with van der Waals surface area (Å²) >= 11 is 0. The molecule has 3 heteroatoms. The predicted octanol–water partition coefficient (Wildman–Crippen LogP) is 5.32. The maximum absolute atomic E-state index is 13.9. The van der Waals surface area contributed by atoms with Gasteiger partial charge in [0.15, 0.2) is 11.6 Å². The van der Waals surface area contributed by atoms with Gasteiger partial charge in [-0.05, 0) is 54.5 Å². The Morgan fingerprint density at radius 3 is 2.45 bits per heavy atom. The zero-order chi connectivity index (χ0) is 15.5. The Morgan fingerprint density at radius 2 is 1.82 bits per heavy atom. The summed E-state index contributed by atoms with van der Waals surface area (Å²) in [4.78, 5) is 0. The molecule has 0 spiro atoms. The van der Waals surface area contributed by atoms with Gasteiger partial charge in [-0.15, -0.1) is 0 Å². The molecule has 1 nitrogen and oxygen atoms in total. The van der Waals surface area contributed by atoms with Crippen molar-refractivity contribution >= 4 is 5.57 Å². The smallest absolute Gasteiger partial charge is 0.166 e. The second-order valence-electron chi connectivity index (χ2n) is 5.58.